The van der Waals surface area contributed by atoms with Crippen molar-refractivity contribution < 1.29 is 0 Å². The van der Waals surface area contributed by atoms with Crippen LogP contribution < -0.4 is 5.73 Å². The number of fused-ring (bicyclic) bond motifs is 1. The van der Waals surface area contributed by atoms with E-state index >= 15 is 0 Å². The van der Waals surface area contributed by atoms with Gasteiger partial charge in [-0.1, -0.05) is 37.6 Å². The monoisotopic (exact) mass is 272 g/mol. The Morgan fingerprint density at radius 1 is 1.20 bits per heavy atom. The Bertz CT molecular complexity index is 443. The minimum atomic E-state index is 0.704. The molecule has 0 aromatic heterocycles. The average molecular weight is 272 g/mol. The molecular formula is C18H28N2. The minimum Gasteiger partial charge on any atom is -0.330 e. The summed E-state index contributed by atoms with van der Waals surface area (Å²) in [6, 6.07) is 9.70. The molecule has 2 aliphatic rings. The number of hydrogen-bond acceptors (Lipinski definition) is 2. The van der Waals surface area contributed by atoms with Gasteiger partial charge in [0, 0.05) is 12.6 Å². The molecule has 3 rings (SSSR count). The SMILES string of the molecule is CC1CCC(CN)C(N2CCCc3ccccc3C2)C1. The highest BCUT2D eigenvalue weighted by Gasteiger charge is 2.32. The van der Waals surface area contributed by atoms with E-state index in [-0.39, 0.29) is 0 Å². The number of benzene rings is 1. The van der Waals surface area contributed by atoms with E-state index in [4.69, 9.17) is 5.73 Å². The van der Waals surface area contributed by atoms with E-state index in [2.05, 4.69) is 36.1 Å². The Morgan fingerprint density at radius 3 is 2.80 bits per heavy atom. The molecule has 1 fully saturated rings. The largest absolute Gasteiger partial charge is 0.330 e. The van der Waals surface area contributed by atoms with Crippen LogP contribution in [0.1, 0.15) is 43.7 Å². The smallest absolute Gasteiger partial charge is 0.0239 e. The van der Waals surface area contributed by atoms with E-state index in [0.29, 0.717) is 12.0 Å². The van der Waals surface area contributed by atoms with Gasteiger partial charge in [0.25, 0.3) is 0 Å². The van der Waals surface area contributed by atoms with E-state index < -0.39 is 0 Å². The Kier molecular flexibility index (Phi) is 4.42. The molecule has 0 spiro atoms. The lowest BCUT2D eigenvalue weighted by Crippen LogP contribution is -2.46. The highest BCUT2D eigenvalue weighted by molar-refractivity contribution is 5.28. The van der Waals surface area contributed by atoms with Crippen molar-refractivity contribution in [3.05, 3.63) is 35.4 Å². The summed E-state index contributed by atoms with van der Waals surface area (Å²) in [4.78, 5) is 2.74. The maximum Gasteiger partial charge on any atom is 0.0239 e. The second kappa shape index (κ2) is 6.28. The fourth-order valence-electron chi connectivity index (χ4n) is 4.14. The van der Waals surface area contributed by atoms with Crippen LogP contribution in [0.25, 0.3) is 0 Å². The quantitative estimate of drug-likeness (QED) is 0.896. The number of nitrogens with zero attached hydrogens (tertiary/aromatic N) is 1. The number of nitrogens with two attached hydrogens (primary N) is 1. The summed E-state index contributed by atoms with van der Waals surface area (Å²) in [6.45, 7) is 5.63. The molecule has 3 atom stereocenters. The summed E-state index contributed by atoms with van der Waals surface area (Å²) in [6.07, 6.45) is 6.55. The van der Waals surface area contributed by atoms with Gasteiger partial charge < -0.3 is 5.73 Å². The van der Waals surface area contributed by atoms with Crippen molar-refractivity contribution in [2.75, 3.05) is 13.1 Å². The zero-order valence-corrected chi connectivity index (χ0v) is 12.7. The highest BCUT2D eigenvalue weighted by atomic mass is 15.2. The molecule has 0 saturated heterocycles. The van der Waals surface area contributed by atoms with Gasteiger partial charge in [-0.3, -0.25) is 4.90 Å². The summed E-state index contributed by atoms with van der Waals surface area (Å²) in [5, 5.41) is 0. The molecule has 1 aromatic carbocycles. The molecule has 2 heteroatoms. The van der Waals surface area contributed by atoms with Crippen molar-refractivity contribution >= 4 is 0 Å². The predicted molar refractivity (Wildman–Crippen MR) is 84.5 cm³/mol. The summed E-state index contributed by atoms with van der Waals surface area (Å²) in [5.74, 6) is 1.57. The van der Waals surface area contributed by atoms with Crippen molar-refractivity contribution in [3.63, 3.8) is 0 Å². The number of hydrogen-bond donors (Lipinski definition) is 1. The molecule has 1 aliphatic heterocycles. The molecular weight excluding hydrogens is 244 g/mol. The Hall–Kier alpha value is -0.860. The maximum atomic E-state index is 6.05. The van der Waals surface area contributed by atoms with Gasteiger partial charge in [-0.15, -0.1) is 0 Å². The Balaban J connectivity index is 1.79. The van der Waals surface area contributed by atoms with Gasteiger partial charge in [0.15, 0.2) is 0 Å². The lowest BCUT2D eigenvalue weighted by molar-refractivity contribution is 0.0807. The average Bonchev–Trinajstić information content (AvgIpc) is 2.69. The van der Waals surface area contributed by atoms with Crippen molar-refractivity contribution in [2.45, 2.75) is 51.6 Å². The van der Waals surface area contributed by atoms with Gasteiger partial charge in [-0.25, -0.2) is 0 Å². The van der Waals surface area contributed by atoms with Crippen LogP contribution in [0.4, 0.5) is 0 Å². The molecule has 2 N–H and O–H groups in total. The first-order valence-electron chi connectivity index (χ1n) is 8.29. The van der Waals surface area contributed by atoms with Crippen LogP contribution in [0.2, 0.25) is 0 Å². The minimum absolute atomic E-state index is 0.704. The van der Waals surface area contributed by atoms with Gasteiger partial charge in [-0.05, 0) is 61.7 Å². The molecule has 110 valence electrons. The van der Waals surface area contributed by atoms with Gasteiger partial charge in [-0.2, -0.15) is 0 Å². The summed E-state index contributed by atoms with van der Waals surface area (Å²) in [5.41, 5.74) is 9.15. The van der Waals surface area contributed by atoms with Crippen molar-refractivity contribution in [1.29, 1.82) is 0 Å². The van der Waals surface area contributed by atoms with Crippen LogP contribution in [-0.2, 0) is 13.0 Å². The van der Waals surface area contributed by atoms with E-state index in [1.165, 1.54) is 38.6 Å². The zero-order chi connectivity index (χ0) is 13.9. The molecule has 1 heterocycles. The van der Waals surface area contributed by atoms with E-state index in [9.17, 15) is 0 Å². The van der Waals surface area contributed by atoms with E-state index in [1.54, 1.807) is 11.1 Å². The normalized spacial score (nSPS) is 31.6. The van der Waals surface area contributed by atoms with Crippen LogP contribution in [0.15, 0.2) is 24.3 Å². The van der Waals surface area contributed by atoms with Gasteiger partial charge in [0.05, 0.1) is 0 Å². The summed E-state index contributed by atoms with van der Waals surface area (Å²) in [7, 11) is 0. The first kappa shape index (κ1) is 14.1. The molecule has 0 bridgehead atoms. The summed E-state index contributed by atoms with van der Waals surface area (Å²) >= 11 is 0. The van der Waals surface area contributed by atoms with Crippen LogP contribution >= 0.6 is 0 Å². The summed E-state index contributed by atoms with van der Waals surface area (Å²) < 4.78 is 0. The maximum absolute atomic E-state index is 6.05. The van der Waals surface area contributed by atoms with Crippen molar-refractivity contribution in [1.82, 2.24) is 4.90 Å². The zero-order valence-electron chi connectivity index (χ0n) is 12.7. The molecule has 0 amide bonds. The molecule has 1 aromatic rings. The molecule has 2 nitrogen and oxygen atoms in total. The third-order valence-corrected chi connectivity index (χ3v) is 5.37. The second-order valence-electron chi connectivity index (χ2n) is 6.82. The molecule has 3 unspecified atom stereocenters. The van der Waals surface area contributed by atoms with Crippen molar-refractivity contribution in [2.24, 2.45) is 17.6 Å². The van der Waals surface area contributed by atoms with E-state index in [0.717, 1.165) is 19.0 Å². The standard InChI is InChI=1S/C18H28N2/c1-14-8-9-16(12-19)18(11-14)20-10-4-7-15-5-2-3-6-17(15)13-20/h2-3,5-6,14,16,18H,4,7-13,19H2,1H3. The van der Waals surface area contributed by atoms with Gasteiger partial charge >= 0.3 is 0 Å². The number of rotatable bonds is 2. The molecule has 0 radical (unpaired) electrons. The third kappa shape index (κ3) is 2.91. The second-order valence-corrected chi connectivity index (χ2v) is 6.82. The first-order chi connectivity index (χ1) is 9.78. The number of aryl methyl sites for hydroxylation is 1. The Labute approximate surface area is 123 Å². The lowest BCUT2D eigenvalue weighted by Gasteiger charge is -2.41. The van der Waals surface area contributed by atoms with Crippen LogP contribution in [0.5, 0.6) is 0 Å². The highest BCUT2D eigenvalue weighted by Crippen LogP contribution is 2.33. The van der Waals surface area contributed by atoms with Crippen LogP contribution in [0, 0.1) is 11.8 Å². The fourth-order valence-corrected chi connectivity index (χ4v) is 4.14. The van der Waals surface area contributed by atoms with Gasteiger partial charge in [0.1, 0.15) is 0 Å². The molecule has 20 heavy (non-hydrogen) atoms. The van der Waals surface area contributed by atoms with Crippen molar-refractivity contribution in [3.8, 4) is 0 Å². The molecule has 1 saturated carbocycles. The van der Waals surface area contributed by atoms with Crippen LogP contribution in [-0.4, -0.2) is 24.0 Å². The molecule has 1 aliphatic carbocycles. The Morgan fingerprint density at radius 2 is 2.00 bits per heavy atom. The third-order valence-electron chi connectivity index (χ3n) is 5.37. The van der Waals surface area contributed by atoms with Crippen LogP contribution in [0.3, 0.4) is 0 Å². The lowest BCUT2D eigenvalue weighted by atomic mass is 9.78. The topological polar surface area (TPSA) is 29.3 Å². The van der Waals surface area contributed by atoms with Gasteiger partial charge in [0.2, 0.25) is 0 Å². The fraction of sp³-hybridized carbons (Fsp3) is 0.667. The predicted octanol–water partition coefficient (Wildman–Crippen LogP) is 3.20. The first-order valence-corrected chi connectivity index (χ1v) is 8.29. The van der Waals surface area contributed by atoms with E-state index in [1.807, 2.05) is 0 Å².